The van der Waals surface area contributed by atoms with Gasteiger partial charge in [-0.1, -0.05) is 30.3 Å². The molecule has 2 atom stereocenters. The van der Waals surface area contributed by atoms with E-state index in [0.29, 0.717) is 13.0 Å². The molecule has 0 aromatic heterocycles. The quantitative estimate of drug-likeness (QED) is 0.670. The van der Waals surface area contributed by atoms with Crippen molar-refractivity contribution in [2.75, 3.05) is 13.1 Å². The third-order valence-electron chi connectivity index (χ3n) is 3.38. The number of benzene rings is 1. The lowest BCUT2D eigenvalue weighted by Gasteiger charge is -2.28. The van der Waals surface area contributed by atoms with Crippen molar-refractivity contribution in [3.8, 4) is 0 Å². The molecule has 1 aromatic rings. The number of ether oxygens (including phenoxy) is 1. The van der Waals surface area contributed by atoms with E-state index in [1.54, 1.807) is 0 Å². The lowest BCUT2D eigenvalue weighted by molar-refractivity contribution is -0.203. The molecule has 1 aliphatic heterocycles. The molecule has 1 N–H and O–H groups in total. The van der Waals surface area contributed by atoms with E-state index in [1.165, 1.54) is 0 Å². The SMILES string of the molecule is O=C(OC(=O)C(F)(F)F)C1CNCC(c2ccccc2)C1. The molecule has 0 aliphatic carbocycles. The van der Waals surface area contributed by atoms with Gasteiger partial charge in [0.05, 0.1) is 5.92 Å². The maximum absolute atomic E-state index is 12.1. The number of nitrogens with one attached hydrogen (secondary N) is 1. The summed E-state index contributed by atoms with van der Waals surface area (Å²) in [5.41, 5.74) is 0.990. The monoisotopic (exact) mass is 301 g/mol. The molecule has 0 amide bonds. The summed E-state index contributed by atoms with van der Waals surface area (Å²) < 4.78 is 40.1. The Balaban J connectivity index is 1.98. The summed E-state index contributed by atoms with van der Waals surface area (Å²) in [4.78, 5) is 22.3. The molecule has 7 heteroatoms. The number of carbonyl (C=O) groups is 2. The van der Waals surface area contributed by atoms with Crippen LogP contribution in [0.4, 0.5) is 13.2 Å². The molecule has 1 saturated heterocycles. The largest absolute Gasteiger partial charge is 0.491 e. The van der Waals surface area contributed by atoms with Crippen molar-refractivity contribution in [2.24, 2.45) is 5.92 Å². The van der Waals surface area contributed by atoms with Crippen molar-refractivity contribution in [3.05, 3.63) is 35.9 Å². The van der Waals surface area contributed by atoms with Crippen molar-refractivity contribution >= 4 is 11.9 Å². The van der Waals surface area contributed by atoms with Gasteiger partial charge in [-0.25, -0.2) is 4.79 Å². The fraction of sp³-hybridized carbons (Fsp3) is 0.429. The van der Waals surface area contributed by atoms with E-state index in [4.69, 9.17) is 0 Å². The molecule has 21 heavy (non-hydrogen) atoms. The first kappa shape index (κ1) is 15.5. The van der Waals surface area contributed by atoms with Crippen LogP contribution < -0.4 is 5.32 Å². The van der Waals surface area contributed by atoms with Crippen LogP contribution in [0.1, 0.15) is 17.9 Å². The average molecular weight is 301 g/mol. The van der Waals surface area contributed by atoms with Crippen molar-refractivity contribution in [1.29, 1.82) is 0 Å². The second-order valence-corrected chi connectivity index (χ2v) is 4.90. The van der Waals surface area contributed by atoms with Gasteiger partial charge in [0, 0.05) is 13.1 Å². The highest BCUT2D eigenvalue weighted by atomic mass is 19.4. The second-order valence-electron chi connectivity index (χ2n) is 4.90. The maximum Gasteiger partial charge on any atom is 0.491 e. The Bertz CT molecular complexity index is 516. The highest BCUT2D eigenvalue weighted by Crippen LogP contribution is 2.27. The minimum absolute atomic E-state index is 0.00140. The first-order chi connectivity index (χ1) is 9.88. The molecule has 1 heterocycles. The van der Waals surface area contributed by atoms with Gasteiger partial charge in [-0.05, 0) is 17.9 Å². The van der Waals surface area contributed by atoms with Gasteiger partial charge in [0.25, 0.3) is 0 Å². The van der Waals surface area contributed by atoms with Crippen LogP contribution in [-0.2, 0) is 14.3 Å². The van der Waals surface area contributed by atoms with Gasteiger partial charge in [-0.15, -0.1) is 0 Å². The molecular weight excluding hydrogens is 287 g/mol. The summed E-state index contributed by atoms with van der Waals surface area (Å²) in [5.74, 6) is -4.37. The van der Waals surface area contributed by atoms with Gasteiger partial charge >= 0.3 is 18.1 Å². The first-order valence-corrected chi connectivity index (χ1v) is 6.46. The van der Waals surface area contributed by atoms with Gasteiger partial charge < -0.3 is 10.1 Å². The third kappa shape index (κ3) is 4.04. The Morgan fingerprint density at radius 3 is 2.43 bits per heavy atom. The Hall–Kier alpha value is -1.89. The first-order valence-electron chi connectivity index (χ1n) is 6.46. The summed E-state index contributed by atoms with van der Waals surface area (Å²) in [6.45, 7) is 0.828. The Morgan fingerprint density at radius 2 is 1.81 bits per heavy atom. The predicted molar refractivity (Wildman–Crippen MR) is 67.3 cm³/mol. The normalized spacial score (nSPS) is 22.6. The fourth-order valence-corrected chi connectivity index (χ4v) is 2.33. The van der Waals surface area contributed by atoms with E-state index in [0.717, 1.165) is 5.56 Å². The molecule has 0 radical (unpaired) electrons. The summed E-state index contributed by atoms with van der Waals surface area (Å²) in [7, 11) is 0. The summed E-state index contributed by atoms with van der Waals surface area (Å²) in [6, 6.07) is 9.34. The Labute approximate surface area is 119 Å². The van der Waals surface area contributed by atoms with Crippen LogP contribution >= 0.6 is 0 Å². The van der Waals surface area contributed by atoms with Crippen LogP contribution in [0.3, 0.4) is 0 Å². The summed E-state index contributed by atoms with van der Waals surface area (Å²) in [5, 5.41) is 2.98. The van der Waals surface area contributed by atoms with Crippen LogP contribution in [0.25, 0.3) is 0 Å². The van der Waals surface area contributed by atoms with Crippen molar-refractivity contribution in [2.45, 2.75) is 18.5 Å². The highest BCUT2D eigenvalue weighted by molar-refractivity contribution is 5.89. The lowest BCUT2D eigenvalue weighted by Crippen LogP contribution is -2.41. The minimum Gasteiger partial charge on any atom is -0.386 e. The molecule has 0 bridgehead atoms. The van der Waals surface area contributed by atoms with Crippen LogP contribution in [-0.4, -0.2) is 31.2 Å². The van der Waals surface area contributed by atoms with E-state index in [-0.39, 0.29) is 12.5 Å². The zero-order valence-electron chi connectivity index (χ0n) is 11.0. The number of carbonyl (C=O) groups excluding carboxylic acids is 2. The van der Waals surface area contributed by atoms with E-state index in [1.807, 2.05) is 30.3 Å². The molecule has 0 saturated carbocycles. The number of halogens is 3. The molecule has 1 fully saturated rings. The Morgan fingerprint density at radius 1 is 1.14 bits per heavy atom. The maximum atomic E-state index is 12.1. The zero-order chi connectivity index (χ0) is 15.5. The zero-order valence-corrected chi connectivity index (χ0v) is 11.0. The number of rotatable bonds is 2. The smallest absolute Gasteiger partial charge is 0.386 e. The van der Waals surface area contributed by atoms with E-state index >= 15 is 0 Å². The summed E-state index contributed by atoms with van der Waals surface area (Å²) >= 11 is 0. The Kier molecular flexibility index (Phi) is 4.62. The van der Waals surface area contributed by atoms with Gasteiger partial charge in [0.2, 0.25) is 0 Å². The number of hydrogen-bond donors (Lipinski definition) is 1. The number of esters is 2. The van der Waals surface area contributed by atoms with Crippen LogP contribution in [0, 0.1) is 5.92 Å². The molecule has 2 rings (SSSR count). The van der Waals surface area contributed by atoms with E-state index in [9.17, 15) is 22.8 Å². The van der Waals surface area contributed by atoms with E-state index < -0.39 is 24.0 Å². The highest BCUT2D eigenvalue weighted by Gasteiger charge is 2.43. The molecule has 4 nitrogen and oxygen atoms in total. The van der Waals surface area contributed by atoms with E-state index in [2.05, 4.69) is 10.1 Å². The van der Waals surface area contributed by atoms with Gasteiger partial charge in [-0.2, -0.15) is 13.2 Å². The van der Waals surface area contributed by atoms with Gasteiger partial charge in [0.15, 0.2) is 0 Å². The van der Waals surface area contributed by atoms with Crippen molar-refractivity contribution in [1.82, 2.24) is 5.32 Å². The second kappa shape index (κ2) is 6.26. The lowest BCUT2D eigenvalue weighted by atomic mass is 9.85. The van der Waals surface area contributed by atoms with Crippen LogP contribution in [0.15, 0.2) is 30.3 Å². The molecular formula is C14H14F3NO3. The molecule has 2 unspecified atom stereocenters. The van der Waals surface area contributed by atoms with Crippen molar-refractivity contribution in [3.63, 3.8) is 0 Å². The third-order valence-corrected chi connectivity index (χ3v) is 3.38. The molecule has 114 valence electrons. The predicted octanol–water partition coefficient (Wildman–Crippen LogP) is 2.01. The van der Waals surface area contributed by atoms with Crippen LogP contribution in [0.2, 0.25) is 0 Å². The molecule has 0 spiro atoms. The average Bonchev–Trinajstić information content (AvgIpc) is 2.47. The number of hydrogen-bond acceptors (Lipinski definition) is 4. The fourth-order valence-electron chi connectivity index (χ4n) is 2.33. The number of piperidine rings is 1. The van der Waals surface area contributed by atoms with Crippen molar-refractivity contribution < 1.29 is 27.5 Å². The standard InChI is InChI=1S/C14H14F3NO3/c15-14(16,17)13(20)21-12(19)11-6-10(7-18-8-11)9-4-2-1-3-5-9/h1-5,10-11,18H,6-8H2. The topological polar surface area (TPSA) is 55.4 Å². The van der Waals surface area contributed by atoms with Gasteiger partial charge in [-0.3, -0.25) is 4.79 Å². The summed E-state index contributed by atoms with van der Waals surface area (Å²) in [6.07, 6.45) is -4.81. The van der Waals surface area contributed by atoms with Gasteiger partial charge in [0.1, 0.15) is 0 Å². The molecule has 1 aromatic carbocycles. The van der Waals surface area contributed by atoms with Crippen LogP contribution in [0.5, 0.6) is 0 Å². The number of alkyl halides is 3. The minimum atomic E-state index is -5.16. The molecule has 1 aliphatic rings.